The third-order valence-corrected chi connectivity index (χ3v) is 2.00. The molecule has 0 atom stereocenters. The van der Waals surface area contributed by atoms with E-state index in [9.17, 15) is 0 Å². The minimum absolute atomic E-state index is 0.837. The molecule has 1 N–H and O–H groups in total. The average molecular weight is 188 g/mol. The molecule has 0 spiro atoms. The van der Waals surface area contributed by atoms with Gasteiger partial charge in [-0.3, -0.25) is 0 Å². The molecule has 0 bridgehead atoms. The van der Waals surface area contributed by atoms with Crippen molar-refractivity contribution in [2.24, 2.45) is 0 Å². The molecule has 0 aliphatic heterocycles. The quantitative estimate of drug-likeness (QED) is 0.545. The Morgan fingerprint density at radius 1 is 1.23 bits per heavy atom. The van der Waals surface area contributed by atoms with Gasteiger partial charge in [-0.15, -0.1) is 0 Å². The lowest BCUT2D eigenvalue weighted by Crippen LogP contribution is -2.24. The van der Waals surface area contributed by atoms with Crippen molar-refractivity contribution in [1.82, 2.24) is 10.2 Å². The minimum Gasteiger partial charge on any atom is -0.382 e. The summed E-state index contributed by atoms with van der Waals surface area (Å²) in [7, 11) is 4.16. The third kappa shape index (κ3) is 9.80. The van der Waals surface area contributed by atoms with Crippen molar-refractivity contribution >= 4 is 0 Å². The first-order valence-corrected chi connectivity index (χ1v) is 5.22. The molecular formula is C10H24N2O. The van der Waals surface area contributed by atoms with E-state index in [0.29, 0.717) is 0 Å². The van der Waals surface area contributed by atoms with Crippen LogP contribution in [-0.4, -0.2) is 51.8 Å². The summed E-state index contributed by atoms with van der Waals surface area (Å²) in [6, 6.07) is 0. The van der Waals surface area contributed by atoms with E-state index in [1.54, 1.807) is 0 Å². The van der Waals surface area contributed by atoms with Crippen LogP contribution in [0, 0.1) is 0 Å². The Labute approximate surface area is 82.4 Å². The number of nitrogens with zero attached hydrogens (tertiary/aromatic N) is 1. The molecule has 0 amide bonds. The van der Waals surface area contributed by atoms with Gasteiger partial charge in [0, 0.05) is 19.8 Å². The van der Waals surface area contributed by atoms with Crippen molar-refractivity contribution in [2.75, 3.05) is 46.9 Å². The SMILES string of the molecule is CCOCCCN(C)CCCNC. The maximum Gasteiger partial charge on any atom is 0.0478 e. The van der Waals surface area contributed by atoms with Crippen LogP contribution in [0.5, 0.6) is 0 Å². The second-order valence-corrected chi connectivity index (χ2v) is 3.31. The number of hydrogen-bond donors (Lipinski definition) is 1. The van der Waals surface area contributed by atoms with Gasteiger partial charge in [0.2, 0.25) is 0 Å². The summed E-state index contributed by atoms with van der Waals surface area (Å²) in [5, 5.41) is 3.15. The zero-order valence-electron chi connectivity index (χ0n) is 9.31. The highest BCUT2D eigenvalue weighted by Crippen LogP contribution is 1.90. The third-order valence-electron chi connectivity index (χ3n) is 2.00. The average Bonchev–Trinajstić information content (AvgIpc) is 2.13. The topological polar surface area (TPSA) is 24.5 Å². The number of hydrogen-bond acceptors (Lipinski definition) is 3. The van der Waals surface area contributed by atoms with Gasteiger partial charge in [0.25, 0.3) is 0 Å². The maximum absolute atomic E-state index is 5.27. The van der Waals surface area contributed by atoms with E-state index in [0.717, 1.165) is 32.7 Å². The second-order valence-electron chi connectivity index (χ2n) is 3.31. The predicted octanol–water partition coefficient (Wildman–Crippen LogP) is 0.954. The Bertz CT molecular complexity index is 98.9. The zero-order chi connectivity index (χ0) is 9.94. The molecule has 13 heavy (non-hydrogen) atoms. The van der Waals surface area contributed by atoms with Gasteiger partial charge in [-0.2, -0.15) is 0 Å². The molecule has 0 radical (unpaired) electrons. The molecule has 0 rings (SSSR count). The molecule has 0 saturated carbocycles. The summed E-state index contributed by atoms with van der Waals surface area (Å²) in [4.78, 5) is 2.36. The molecule has 0 aromatic rings. The summed E-state index contributed by atoms with van der Waals surface area (Å²) in [5.74, 6) is 0. The van der Waals surface area contributed by atoms with Crippen LogP contribution >= 0.6 is 0 Å². The minimum atomic E-state index is 0.837. The fraction of sp³-hybridized carbons (Fsp3) is 1.00. The van der Waals surface area contributed by atoms with Gasteiger partial charge in [0.1, 0.15) is 0 Å². The van der Waals surface area contributed by atoms with Crippen LogP contribution in [0.2, 0.25) is 0 Å². The van der Waals surface area contributed by atoms with Crippen LogP contribution in [0.15, 0.2) is 0 Å². The van der Waals surface area contributed by atoms with E-state index in [2.05, 4.69) is 17.3 Å². The highest BCUT2D eigenvalue weighted by Gasteiger charge is 1.96. The Morgan fingerprint density at radius 3 is 2.54 bits per heavy atom. The molecule has 0 aliphatic carbocycles. The van der Waals surface area contributed by atoms with Crippen molar-refractivity contribution in [2.45, 2.75) is 19.8 Å². The normalized spacial score (nSPS) is 11.1. The largest absolute Gasteiger partial charge is 0.382 e. The Morgan fingerprint density at radius 2 is 1.92 bits per heavy atom. The van der Waals surface area contributed by atoms with Gasteiger partial charge in [-0.05, 0) is 47.0 Å². The number of nitrogens with one attached hydrogen (secondary N) is 1. The van der Waals surface area contributed by atoms with Crippen LogP contribution in [-0.2, 0) is 4.74 Å². The van der Waals surface area contributed by atoms with Crippen LogP contribution < -0.4 is 5.32 Å². The van der Waals surface area contributed by atoms with E-state index >= 15 is 0 Å². The van der Waals surface area contributed by atoms with Crippen LogP contribution in [0.25, 0.3) is 0 Å². The molecule has 0 aromatic heterocycles. The molecule has 0 saturated heterocycles. The van der Waals surface area contributed by atoms with Gasteiger partial charge in [0.15, 0.2) is 0 Å². The Kier molecular flexibility index (Phi) is 9.87. The van der Waals surface area contributed by atoms with Crippen LogP contribution in [0.1, 0.15) is 19.8 Å². The fourth-order valence-electron chi connectivity index (χ4n) is 1.22. The van der Waals surface area contributed by atoms with Crippen LogP contribution in [0.3, 0.4) is 0 Å². The lowest BCUT2D eigenvalue weighted by molar-refractivity contribution is 0.135. The highest BCUT2D eigenvalue weighted by molar-refractivity contribution is 4.52. The lowest BCUT2D eigenvalue weighted by Gasteiger charge is -2.15. The van der Waals surface area contributed by atoms with Crippen molar-refractivity contribution in [3.63, 3.8) is 0 Å². The van der Waals surface area contributed by atoms with Crippen molar-refractivity contribution in [3.05, 3.63) is 0 Å². The van der Waals surface area contributed by atoms with Gasteiger partial charge in [0.05, 0.1) is 0 Å². The summed E-state index contributed by atoms with van der Waals surface area (Å²) in [5.41, 5.74) is 0. The van der Waals surface area contributed by atoms with E-state index in [1.807, 2.05) is 14.0 Å². The summed E-state index contributed by atoms with van der Waals surface area (Å²) in [6.07, 6.45) is 2.37. The monoisotopic (exact) mass is 188 g/mol. The van der Waals surface area contributed by atoms with Crippen molar-refractivity contribution < 1.29 is 4.74 Å². The van der Waals surface area contributed by atoms with Crippen LogP contribution in [0.4, 0.5) is 0 Å². The highest BCUT2D eigenvalue weighted by atomic mass is 16.5. The molecular weight excluding hydrogens is 164 g/mol. The molecule has 0 aromatic carbocycles. The van der Waals surface area contributed by atoms with Gasteiger partial charge >= 0.3 is 0 Å². The van der Waals surface area contributed by atoms with Crippen molar-refractivity contribution in [1.29, 1.82) is 0 Å². The number of rotatable bonds is 9. The van der Waals surface area contributed by atoms with Crippen molar-refractivity contribution in [3.8, 4) is 0 Å². The molecule has 0 fully saturated rings. The van der Waals surface area contributed by atoms with Gasteiger partial charge < -0.3 is 15.0 Å². The smallest absolute Gasteiger partial charge is 0.0478 e. The maximum atomic E-state index is 5.27. The summed E-state index contributed by atoms with van der Waals surface area (Å²) < 4.78 is 5.27. The lowest BCUT2D eigenvalue weighted by atomic mass is 10.3. The Hall–Kier alpha value is -0.120. The van der Waals surface area contributed by atoms with E-state index in [-0.39, 0.29) is 0 Å². The molecule has 80 valence electrons. The zero-order valence-corrected chi connectivity index (χ0v) is 9.31. The van der Waals surface area contributed by atoms with E-state index < -0.39 is 0 Å². The summed E-state index contributed by atoms with van der Waals surface area (Å²) in [6.45, 7) is 7.19. The predicted molar refractivity (Wildman–Crippen MR) is 57.2 cm³/mol. The van der Waals surface area contributed by atoms with E-state index in [4.69, 9.17) is 4.74 Å². The fourth-order valence-corrected chi connectivity index (χ4v) is 1.22. The standard InChI is InChI=1S/C10H24N2O/c1-4-13-10-6-9-12(3)8-5-7-11-2/h11H,4-10H2,1-3H3. The first kappa shape index (κ1) is 12.9. The Balaban J connectivity index is 3.05. The molecule has 0 unspecified atom stereocenters. The van der Waals surface area contributed by atoms with Gasteiger partial charge in [-0.1, -0.05) is 0 Å². The molecule has 0 heterocycles. The first-order chi connectivity index (χ1) is 6.31. The van der Waals surface area contributed by atoms with E-state index in [1.165, 1.54) is 13.0 Å². The number of ether oxygens (including phenoxy) is 1. The van der Waals surface area contributed by atoms with Gasteiger partial charge in [-0.25, -0.2) is 0 Å². The molecule has 0 aliphatic rings. The second kappa shape index (κ2) is 9.96. The summed E-state index contributed by atoms with van der Waals surface area (Å²) >= 11 is 0. The first-order valence-electron chi connectivity index (χ1n) is 5.22. The molecule has 3 heteroatoms. The molecule has 3 nitrogen and oxygen atoms in total.